The van der Waals surface area contributed by atoms with Crippen molar-refractivity contribution in [1.82, 2.24) is 0 Å². The summed E-state index contributed by atoms with van der Waals surface area (Å²) in [5.41, 5.74) is 2.19. The van der Waals surface area contributed by atoms with E-state index in [9.17, 15) is 4.79 Å². The van der Waals surface area contributed by atoms with Gasteiger partial charge in [-0.2, -0.15) is 0 Å². The van der Waals surface area contributed by atoms with Crippen LogP contribution in [-0.2, 0) is 9.53 Å². The second-order valence-electron chi connectivity index (χ2n) is 4.76. The fourth-order valence-electron chi connectivity index (χ4n) is 2.26. The molecule has 0 bridgehead atoms. The molecule has 112 valence electrons. The molecule has 0 saturated heterocycles. The quantitative estimate of drug-likeness (QED) is 0.492. The van der Waals surface area contributed by atoms with Gasteiger partial charge in [-0.15, -0.1) is 0 Å². The SMILES string of the molecule is CCOC(=O)/C(=C\c1ccc2c(c1)OCO2)c1ccccc1. The number of benzene rings is 2. The van der Waals surface area contributed by atoms with E-state index in [1.54, 1.807) is 13.0 Å². The summed E-state index contributed by atoms with van der Waals surface area (Å²) in [7, 11) is 0. The third-order valence-electron chi connectivity index (χ3n) is 3.29. The number of rotatable bonds is 4. The van der Waals surface area contributed by atoms with E-state index in [0.29, 0.717) is 17.9 Å². The van der Waals surface area contributed by atoms with Crippen molar-refractivity contribution in [3.63, 3.8) is 0 Å². The van der Waals surface area contributed by atoms with Gasteiger partial charge in [0.25, 0.3) is 0 Å². The van der Waals surface area contributed by atoms with Crippen LogP contribution in [0.5, 0.6) is 11.5 Å². The van der Waals surface area contributed by atoms with Gasteiger partial charge in [-0.05, 0) is 36.3 Å². The first-order chi connectivity index (χ1) is 10.8. The molecule has 4 heteroatoms. The van der Waals surface area contributed by atoms with Crippen LogP contribution in [0, 0.1) is 0 Å². The molecule has 0 aromatic heterocycles. The highest BCUT2D eigenvalue weighted by atomic mass is 16.7. The Bertz CT molecular complexity index is 704. The maximum atomic E-state index is 12.2. The number of esters is 1. The van der Waals surface area contributed by atoms with E-state index in [1.807, 2.05) is 48.5 Å². The Morgan fingerprint density at radius 2 is 1.91 bits per heavy atom. The maximum absolute atomic E-state index is 12.2. The lowest BCUT2D eigenvalue weighted by molar-refractivity contribution is -0.136. The number of carbonyl (C=O) groups is 1. The van der Waals surface area contributed by atoms with Crippen molar-refractivity contribution in [2.45, 2.75) is 6.92 Å². The van der Waals surface area contributed by atoms with Crippen molar-refractivity contribution in [3.8, 4) is 11.5 Å². The molecule has 0 amide bonds. The molecular formula is C18H16O4. The van der Waals surface area contributed by atoms with E-state index in [1.165, 1.54) is 0 Å². The number of ether oxygens (including phenoxy) is 3. The fraction of sp³-hybridized carbons (Fsp3) is 0.167. The predicted octanol–water partition coefficient (Wildman–Crippen LogP) is 3.52. The summed E-state index contributed by atoms with van der Waals surface area (Å²) in [6.45, 7) is 2.36. The lowest BCUT2D eigenvalue weighted by Gasteiger charge is -2.08. The minimum absolute atomic E-state index is 0.228. The summed E-state index contributed by atoms with van der Waals surface area (Å²) in [6.07, 6.45) is 1.80. The molecule has 0 aliphatic carbocycles. The number of carbonyl (C=O) groups excluding carboxylic acids is 1. The first-order valence-corrected chi connectivity index (χ1v) is 7.12. The molecule has 1 heterocycles. The molecular weight excluding hydrogens is 280 g/mol. The highest BCUT2D eigenvalue weighted by molar-refractivity contribution is 6.21. The first-order valence-electron chi connectivity index (χ1n) is 7.12. The number of hydrogen-bond donors (Lipinski definition) is 0. The van der Waals surface area contributed by atoms with E-state index < -0.39 is 0 Å². The molecule has 22 heavy (non-hydrogen) atoms. The van der Waals surface area contributed by atoms with E-state index in [0.717, 1.165) is 16.9 Å². The largest absolute Gasteiger partial charge is 0.462 e. The number of fused-ring (bicyclic) bond motifs is 1. The zero-order valence-electron chi connectivity index (χ0n) is 12.2. The van der Waals surface area contributed by atoms with E-state index in [-0.39, 0.29) is 12.8 Å². The van der Waals surface area contributed by atoms with Gasteiger partial charge in [0, 0.05) is 0 Å². The Morgan fingerprint density at radius 3 is 2.68 bits per heavy atom. The molecule has 1 aliphatic rings. The fourth-order valence-corrected chi connectivity index (χ4v) is 2.26. The molecule has 0 saturated carbocycles. The van der Waals surface area contributed by atoms with Crippen LogP contribution < -0.4 is 9.47 Å². The van der Waals surface area contributed by atoms with E-state index in [2.05, 4.69) is 0 Å². The average molecular weight is 296 g/mol. The molecule has 0 unspecified atom stereocenters. The van der Waals surface area contributed by atoms with Crippen LogP contribution in [0.1, 0.15) is 18.1 Å². The normalized spacial score (nSPS) is 13.0. The van der Waals surface area contributed by atoms with Gasteiger partial charge in [0.15, 0.2) is 11.5 Å². The summed E-state index contributed by atoms with van der Waals surface area (Å²) in [6, 6.07) is 15.0. The van der Waals surface area contributed by atoms with Crippen molar-refractivity contribution in [1.29, 1.82) is 0 Å². The molecule has 0 atom stereocenters. The molecule has 2 aromatic carbocycles. The molecule has 0 N–H and O–H groups in total. The van der Waals surface area contributed by atoms with Crippen molar-refractivity contribution >= 4 is 17.6 Å². The smallest absolute Gasteiger partial charge is 0.338 e. The molecule has 2 aromatic rings. The van der Waals surface area contributed by atoms with Gasteiger partial charge in [-0.25, -0.2) is 4.79 Å². The van der Waals surface area contributed by atoms with Crippen molar-refractivity contribution in [2.24, 2.45) is 0 Å². The molecule has 0 spiro atoms. The Labute approximate surface area is 128 Å². The van der Waals surface area contributed by atoms with Gasteiger partial charge in [0.1, 0.15) is 0 Å². The Morgan fingerprint density at radius 1 is 1.14 bits per heavy atom. The Kier molecular flexibility index (Phi) is 4.10. The highest BCUT2D eigenvalue weighted by Crippen LogP contribution is 2.33. The van der Waals surface area contributed by atoms with Crippen LogP contribution in [0.4, 0.5) is 0 Å². The standard InChI is InChI=1S/C18H16O4/c1-2-20-18(19)15(14-6-4-3-5-7-14)10-13-8-9-16-17(11-13)22-12-21-16/h3-11H,2,12H2,1H3/b15-10-. The lowest BCUT2D eigenvalue weighted by atomic mass is 10.0. The summed E-state index contributed by atoms with van der Waals surface area (Å²) < 4.78 is 15.8. The maximum Gasteiger partial charge on any atom is 0.338 e. The van der Waals surface area contributed by atoms with Crippen LogP contribution in [0.25, 0.3) is 11.6 Å². The lowest BCUT2D eigenvalue weighted by Crippen LogP contribution is -2.06. The van der Waals surface area contributed by atoms with E-state index in [4.69, 9.17) is 14.2 Å². The van der Waals surface area contributed by atoms with Gasteiger partial charge in [-0.3, -0.25) is 0 Å². The Balaban J connectivity index is 1.99. The summed E-state index contributed by atoms with van der Waals surface area (Å²) >= 11 is 0. The van der Waals surface area contributed by atoms with Gasteiger partial charge < -0.3 is 14.2 Å². The van der Waals surface area contributed by atoms with Crippen molar-refractivity contribution in [2.75, 3.05) is 13.4 Å². The second-order valence-corrected chi connectivity index (χ2v) is 4.76. The van der Waals surface area contributed by atoms with E-state index >= 15 is 0 Å². The third kappa shape index (κ3) is 2.96. The predicted molar refractivity (Wildman–Crippen MR) is 83.5 cm³/mol. The third-order valence-corrected chi connectivity index (χ3v) is 3.29. The van der Waals surface area contributed by atoms with Gasteiger partial charge in [0.2, 0.25) is 6.79 Å². The van der Waals surface area contributed by atoms with Gasteiger partial charge >= 0.3 is 5.97 Å². The minimum atomic E-state index is -0.341. The molecule has 4 nitrogen and oxygen atoms in total. The molecule has 3 rings (SSSR count). The monoisotopic (exact) mass is 296 g/mol. The van der Waals surface area contributed by atoms with Gasteiger partial charge in [-0.1, -0.05) is 36.4 Å². The zero-order valence-corrected chi connectivity index (χ0v) is 12.2. The average Bonchev–Trinajstić information content (AvgIpc) is 3.01. The molecule has 0 radical (unpaired) electrons. The van der Waals surface area contributed by atoms with Crippen LogP contribution >= 0.6 is 0 Å². The minimum Gasteiger partial charge on any atom is -0.462 e. The molecule has 1 aliphatic heterocycles. The van der Waals surface area contributed by atoms with Crippen LogP contribution in [-0.4, -0.2) is 19.4 Å². The van der Waals surface area contributed by atoms with Gasteiger partial charge in [0.05, 0.1) is 12.2 Å². The summed E-state index contributed by atoms with van der Waals surface area (Å²) in [5, 5.41) is 0. The topological polar surface area (TPSA) is 44.8 Å². The summed E-state index contributed by atoms with van der Waals surface area (Å²) in [4.78, 5) is 12.2. The summed E-state index contributed by atoms with van der Waals surface area (Å²) in [5.74, 6) is 1.06. The van der Waals surface area contributed by atoms with Crippen molar-refractivity contribution in [3.05, 3.63) is 59.7 Å². The molecule has 0 fully saturated rings. The first kappa shape index (κ1) is 14.2. The van der Waals surface area contributed by atoms with Crippen LogP contribution in [0.2, 0.25) is 0 Å². The number of hydrogen-bond acceptors (Lipinski definition) is 4. The Hall–Kier alpha value is -2.75. The second kappa shape index (κ2) is 6.35. The zero-order chi connectivity index (χ0) is 15.4. The van der Waals surface area contributed by atoms with Crippen LogP contribution in [0.15, 0.2) is 48.5 Å². The van der Waals surface area contributed by atoms with Crippen molar-refractivity contribution < 1.29 is 19.0 Å². The van der Waals surface area contributed by atoms with Crippen LogP contribution in [0.3, 0.4) is 0 Å². The highest BCUT2D eigenvalue weighted by Gasteiger charge is 2.16.